The van der Waals surface area contributed by atoms with Crippen LogP contribution in [0.25, 0.3) is 11.3 Å². The predicted molar refractivity (Wildman–Crippen MR) is 112 cm³/mol. The van der Waals surface area contributed by atoms with E-state index in [2.05, 4.69) is 22.0 Å². The fraction of sp³-hybridized carbons (Fsp3) is 0.227. The SMILES string of the molecule is COc1ccc(-c2ccc(C=Nc3ccc(N4CCOCC4)cc3)o2)cc1Cl. The lowest BCUT2D eigenvalue weighted by Gasteiger charge is -2.28. The Bertz CT molecular complexity index is 960. The van der Waals surface area contributed by atoms with Gasteiger partial charge >= 0.3 is 0 Å². The smallest absolute Gasteiger partial charge is 0.145 e. The number of hydrogen-bond donors (Lipinski definition) is 0. The van der Waals surface area contributed by atoms with E-state index in [0.29, 0.717) is 16.5 Å². The molecule has 0 atom stereocenters. The highest BCUT2D eigenvalue weighted by Gasteiger charge is 2.11. The quantitative estimate of drug-likeness (QED) is 0.556. The molecule has 1 aliphatic rings. The summed E-state index contributed by atoms with van der Waals surface area (Å²) in [5.41, 5.74) is 2.96. The van der Waals surface area contributed by atoms with E-state index in [-0.39, 0.29) is 0 Å². The summed E-state index contributed by atoms with van der Waals surface area (Å²) in [7, 11) is 1.59. The zero-order chi connectivity index (χ0) is 19.3. The molecule has 0 radical (unpaired) electrons. The average Bonchev–Trinajstić information content (AvgIpc) is 3.22. The second kappa shape index (κ2) is 8.50. The Kier molecular flexibility index (Phi) is 5.65. The Hall–Kier alpha value is -2.76. The molecule has 144 valence electrons. The molecule has 1 fully saturated rings. The van der Waals surface area contributed by atoms with Crippen LogP contribution < -0.4 is 9.64 Å². The second-order valence-electron chi connectivity index (χ2n) is 6.43. The van der Waals surface area contributed by atoms with Gasteiger partial charge in [-0.2, -0.15) is 0 Å². The minimum Gasteiger partial charge on any atom is -0.495 e. The van der Waals surface area contributed by atoms with Crippen molar-refractivity contribution >= 4 is 29.2 Å². The van der Waals surface area contributed by atoms with Crippen LogP contribution in [0.15, 0.2) is 64.0 Å². The second-order valence-corrected chi connectivity index (χ2v) is 6.83. The molecule has 5 nitrogen and oxygen atoms in total. The molecule has 0 aliphatic carbocycles. The highest BCUT2D eigenvalue weighted by Crippen LogP contribution is 2.31. The molecular formula is C22H21ClN2O3. The molecule has 6 heteroatoms. The molecule has 1 aromatic heterocycles. The molecule has 28 heavy (non-hydrogen) atoms. The zero-order valence-electron chi connectivity index (χ0n) is 15.6. The first-order valence-electron chi connectivity index (χ1n) is 9.13. The van der Waals surface area contributed by atoms with Gasteiger partial charge in [-0.05, 0) is 54.6 Å². The van der Waals surface area contributed by atoms with Crippen molar-refractivity contribution in [2.45, 2.75) is 0 Å². The van der Waals surface area contributed by atoms with Crippen LogP contribution in [0.4, 0.5) is 11.4 Å². The Morgan fingerprint density at radius 1 is 1.04 bits per heavy atom. The van der Waals surface area contributed by atoms with Gasteiger partial charge in [0.15, 0.2) is 0 Å². The lowest BCUT2D eigenvalue weighted by molar-refractivity contribution is 0.122. The van der Waals surface area contributed by atoms with E-state index in [0.717, 1.165) is 43.3 Å². The monoisotopic (exact) mass is 396 g/mol. The fourth-order valence-electron chi connectivity index (χ4n) is 3.11. The Morgan fingerprint density at radius 2 is 1.82 bits per heavy atom. The van der Waals surface area contributed by atoms with E-state index in [1.54, 1.807) is 13.3 Å². The summed E-state index contributed by atoms with van der Waals surface area (Å²) >= 11 is 6.19. The topological polar surface area (TPSA) is 47.2 Å². The molecule has 1 saturated heterocycles. The first kappa shape index (κ1) is 18.6. The van der Waals surface area contributed by atoms with E-state index in [1.165, 1.54) is 5.69 Å². The largest absolute Gasteiger partial charge is 0.495 e. The molecule has 2 heterocycles. The van der Waals surface area contributed by atoms with Crippen molar-refractivity contribution in [1.29, 1.82) is 0 Å². The van der Waals surface area contributed by atoms with Crippen molar-refractivity contribution in [1.82, 2.24) is 0 Å². The summed E-state index contributed by atoms with van der Waals surface area (Å²) in [6, 6.07) is 17.5. The maximum absolute atomic E-state index is 6.19. The normalized spacial score (nSPS) is 14.6. The molecule has 3 aromatic rings. The van der Waals surface area contributed by atoms with Gasteiger partial charge in [-0.15, -0.1) is 0 Å². The molecule has 2 aromatic carbocycles. The van der Waals surface area contributed by atoms with Crippen molar-refractivity contribution in [3.05, 3.63) is 65.4 Å². The summed E-state index contributed by atoms with van der Waals surface area (Å²) in [4.78, 5) is 6.82. The van der Waals surface area contributed by atoms with Gasteiger partial charge in [0.05, 0.1) is 37.2 Å². The van der Waals surface area contributed by atoms with Crippen LogP contribution in [-0.2, 0) is 4.74 Å². The van der Waals surface area contributed by atoms with Gasteiger partial charge in [-0.25, -0.2) is 0 Å². The maximum atomic E-state index is 6.19. The van der Waals surface area contributed by atoms with Crippen molar-refractivity contribution in [3.8, 4) is 17.1 Å². The summed E-state index contributed by atoms with van der Waals surface area (Å²) in [5.74, 6) is 2.05. The molecule has 0 unspecified atom stereocenters. The first-order valence-corrected chi connectivity index (χ1v) is 9.51. The van der Waals surface area contributed by atoms with E-state index < -0.39 is 0 Å². The van der Waals surface area contributed by atoms with Crippen molar-refractivity contribution < 1.29 is 13.9 Å². The number of halogens is 1. The summed E-state index contributed by atoms with van der Waals surface area (Å²) in [6.07, 6.45) is 1.72. The predicted octanol–water partition coefficient (Wildman–Crippen LogP) is 5.20. The summed E-state index contributed by atoms with van der Waals surface area (Å²) < 4.78 is 16.4. The number of methoxy groups -OCH3 is 1. The van der Waals surface area contributed by atoms with Gasteiger partial charge in [0, 0.05) is 24.3 Å². The third kappa shape index (κ3) is 4.21. The number of nitrogens with zero attached hydrogens (tertiary/aromatic N) is 2. The molecule has 0 amide bonds. The molecular weight excluding hydrogens is 376 g/mol. The van der Waals surface area contributed by atoms with E-state index in [4.69, 9.17) is 25.5 Å². The minimum absolute atomic E-state index is 0.548. The molecule has 0 bridgehead atoms. The van der Waals surface area contributed by atoms with Crippen LogP contribution in [0.3, 0.4) is 0 Å². The number of benzene rings is 2. The number of rotatable bonds is 5. The van der Waals surface area contributed by atoms with Gasteiger partial charge in [-0.3, -0.25) is 4.99 Å². The molecule has 0 saturated carbocycles. The molecule has 4 rings (SSSR count). The first-order chi connectivity index (χ1) is 13.7. The fourth-order valence-corrected chi connectivity index (χ4v) is 3.36. The van der Waals surface area contributed by atoms with Crippen molar-refractivity contribution in [3.63, 3.8) is 0 Å². The van der Waals surface area contributed by atoms with Gasteiger partial charge in [0.1, 0.15) is 17.3 Å². The molecule has 1 aliphatic heterocycles. The number of furan rings is 1. The zero-order valence-corrected chi connectivity index (χ0v) is 16.4. The minimum atomic E-state index is 0.548. The average molecular weight is 397 g/mol. The van der Waals surface area contributed by atoms with E-state index >= 15 is 0 Å². The standard InChI is InChI=1S/C22H21ClN2O3/c1-26-22-8-2-16(14-20(22)23)21-9-7-19(28-21)15-24-17-3-5-18(6-4-17)25-10-12-27-13-11-25/h2-9,14-15H,10-13H2,1H3. The van der Waals surface area contributed by atoms with Gasteiger partial charge in [-0.1, -0.05) is 11.6 Å². The summed E-state index contributed by atoms with van der Waals surface area (Å²) in [6.45, 7) is 3.40. The van der Waals surface area contributed by atoms with Crippen LogP contribution in [-0.4, -0.2) is 39.6 Å². The van der Waals surface area contributed by atoms with Crippen molar-refractivity contribution in [2.24, 2.45) is 4.99 Å². The summed E-state index contributed by atoms with van der Waals surface area (Å²) in [5, 5.41) is 0.548. The Balaban J connectivity index is 1.44. The lowest BCUT2D eigenvalue weighted by atomic mass is 10.2. The lowest BCUT2D eigenvalue weighted by Crippen LogP contribution is -2.36. The van der Waals surface area contributed by atoms with Gasteiger partial charge in [0.2, 0.25) is 0 Å². The van der Waals surface area contributed by atoms with Crippen molar-refractivity contribution in [2.75, 3.05) is 38.3 Å². The van der Waals surface area contributed by atoms with E-state index in [1.807, 2.05) is 42.5 Å². The Morgan fingerprint density at radius 3 is 2.54 bits per heavy atom. The number of ether oxygens (including phenoxy) is 2. The number of anilines is 1. The van der Waals surface area contributed by atoms with Crippen LogP contribution in [0.2, 0.25) is 5.02 Å². The number of morpholine rings is 1. The molecule has 0 N–H and O–H groups in total. The van der Waals surface area contributed by atoms with E-state index in [9.17, 15) is 0 Å². The highest BCUT2D eigenvalue weighted by atomic mass is 35.5. The van der Waals surface area contributed by atoms with Crippen LogP contribution in [0, 0.1) is 0 Å². The van der Waals surface area contributed by atoms with Gasteiger partial charge in [0.25, 0.3) is 0 Å². The van der Waals surface area contributed by atoms with Gasteiger partial charge < -0.3 is 18.8 Å². The Labute approximate surface area is 169 Å². The highest BCUT2D eigenvalue weighted by molar-refractivity contribution is 6.32. The third-order valence-corrected chi connectivity index (χ3v) is 4.93. The maximum Gasteiger partial charge on any atom is 0.145 e. The van der Waals surface area contributed by atoms with Crippen LogP contribution in [0.1, 0.15) is 5.76 Å². The van der Waals surface area contributed by atoms with Crippen LogP contribution >= 0.6 is 11.6 Å². The molecule has 0 spiro atoms. The number of hydrogen-bond acceptors (Lipinski definition) is 5. The van der Waals surface area contributed by atoms with Crippen LogP contribution in [0.5, 0.6) is 5.75 Å². The third-order valence-electron chi connectivity index (χ3n) is 4.63. The number of aliphatic imine (C=N–C) groups is 1.